The van der Waals surface area contributed by atoms with Gasteiger partial charge in [-0.25, -0.2) is 0 Å². The van der Waals surface area contributed by atoms with E-state index in [0.29, 0.717) is 11.6 Å². The van der Waals surface area contributed by atoms with Crippen LogP contribution < -0.4 is 10.5 Å². The summed E-state index contributed by atoms with van der Waals surface area (Å²) in [5.74, 6) is 1.19. The first kappa shape index (κ1) is 14.4. The Bertz CT molecular complexity index is 414. The Labute approximate surface area is 114 Å². The van der Waals surface area contributed by atoms with Crippen molar-refractivity contribution in [3.63, 3.8) is 0 Å². The van der Waals surface area contributed by atoms with Gasteiger partial charge in [-0.05, 0) is 12.1 Å². The third-order valence-electron chi connectivity index (χ3n) is 1.73. The van der Waals surface area contributed by atoms with Crippen molar-refractivity contribution in [2.45, 2.75) is 6.92 Å². The fourth-order valence-corrected chi connectivity index (χ4v) is 1.11. The Morgan fingerprint density at radius 2 is 2.07 bits per heavy atom. The Balaban J connectivity index is 0.000000617. The van der Waals surface area contributed by atoms with E-state index < -0.39 is 0 Å². The topological polar surface area (TPSA) is 63.9 Å². The number of nitrogen functional groups attached to an aromatic ring is 1. The quantitative estimate of drug-likeness (QED) is 0.787. The number of fused-ring (bicyclic) bond motifs is 1. The van der Waals surface area contributed by atoms with Gasteiger partial charge in [0.15, 0.2) is 5.82 Å². The number of H-pyrrole nitrogens is 1. The fraction of sp³-hybridized carbons (Fsp3) is 0.100. The van der Waals surface area contributed by atoms with E-state index in [-0.39, 0.29) is 32.7 Å². The normalized spacial score (nSPS) is 8.73. The van der Waals surface area contributed by atoms with Gasteiger partial charge in [-0.3, -0.25) is 5.10 Å². The minimum absolute atomic E-state index is 0. The van der Waals surface area contributed by atoms with Crippen molar-refractivity contribution in [1.29, 1.82) is 0 Å². The van der Waals surface area contributed by atoms with Gasteiger partial charge in [0, 0.05) is 44.2 Å². The van der Waals surface area contributed by atoms with E-state index >= 15 is 0 Å². The minimum Gasteiger partial charge on any atom is -0.665 e. The van der Waals surface area contributed by atoms with Crippen LogP contribution in [0, 0.1) is 14.0 Å². The first-order valence-electron chi connectivity index (χ1n) is 4.17. The van der Waals surface area contributed by atoms with Crippen LogP contribution in [0.15, 0.2) is 18.2 Å². The van der Waals surface area contributed by atoms with E-state index in [0.717, 1.165) is 10.9 Å². The number of aromatic nitrogens is 2. The molecule has 15 heavy (non-hydrogen) atoms. The number of rotatable bonds is 1. The molecule has 0 fully saturated rings. The summed E-state index contributed by atoms with van der Waals surface area (Å²) in [4.78, 5) is 0. The SMILES string of the molecule is [CH2-]C.[CH2-]Oc1ccc2c(N)n[nH]c2c1.[Y]. The van der Waals surface area contributed by atoms with Crippen LogP contribution in [0.1, 0.15) is 6.92 Å². The molecule has 1 aromatic carbocycles. The molecule has 0 atom stereocenters. The van der Waals surface area contributed by atoms with Gasteiger partial charge in [-0.2, -0.15) is 19.1 Å². The molecule has 1 aromatic heterocycles. The van der Waals surface area contributed by atoms with Gasteiger partial charge in [-0.15, -0.1) is 0 Å². The predicted octanol–water partition coefficient (Wildman–Crippen LogP) is 2.15. The zero-order valence-corrected chi connectivity index (χ0v) is 11.5. The fourth-order valence-electron chi connectivity index (χ4n) is 1.11. The number of anilines is 1. The number of benzene rings is 1. The van der Waals surface area contributed by atoms with E-state index in [1.54, 1.807) is 19.1 Å². The summed E-state index contributed by atoms with van der Waals surface area (Å²) in [6, 6.07) is 5.43. The second kappa shape index (κ2) is 6.80. The molecule has 2 rings (SSSR count). The van der Waals surface area contributed by atoms with Gasteiger partial charge in [0.25, 0.3) is 0 Å². The molecule has 4 nitrogen and oxygen atoms in total. The standard InChI is InChI=1S/C8H8N3O.C2H5.Y/c1-12-5-2-3-6-7(4-5)10-11-8(6)9;1-2;/h2-4H,1H2,(H3,9,10,11);1H2,2H3;/q2*-1;. The van der Waals surface area contributed by atoms with Gasteiger partial charge in [-0.1, -0.05) is 0 Å². The van der Waals surface area contributed by atoms with Crippen LogP contribution >= 0.6 is 0 Å². The molecule has 5 heteroatoms. The summed E-state index contributed by atoms with van der Waals surface area (Å²) in [5, 5.41) is 7.53. The van der Waals surface area contributed by atoms with Crippen molar-refractivity contribution < 1.29 is 37.4 Å². The number of aromatic amines is 1. The first-order valence-corrected chi connectivity index (χ1v) is 4.17. The molecule has 79 valence electrons. The molecule has 0 amide bonds. The molecule has 2 aromatic rings. The molecule has 0 saturated carbocycles. The summed E-state index contributed by atoms with van der Waals surface area (Å²) >= 11 is 0. The van der Waals surface area contributed by atoms with Gasteiger partial charge < -0.3 is 17.4 Å². The van der Waals surface area contributed by atoms with Gasteiger partial charge in [0.2, 0.25) is 0 Å². The zero-order valence-electron chi connectivity index (χ0n) is 8.66. The molecule has 1 heterocycles. The number of hydrogen-bond donors (Lipinski definition) is 2. The number of nitrogens with zero attached hydrogens (tertiary/aromatic N) is 1. The van der Waals surface area contributed by atoms with Crippen LogP contribution in [-0.2, 0) is 32.7 Å². The van der Waals surface area contributed by atoms with E-state index in [4.69, 9.17) is 10.5 Å². The van der Waals surface area contributed by atoms with E-state index in [1.165, 1.54) is 0 Å². The van der Waals surface area contributed by atoms with Crippen LogP contribution in [0.5, 0.6) is 5.75 Å². The van der Waals surface area contributed by atoms with Crippen molar-refractivity contribution in [3.05, 3.63) is 32.2 Å². The molecule has 0 saturated heterocycles. The first-order chi connectivity index (χ1) is 6.81. The number of nitrogens with one attached hydrogen (secondary N) is 1. The molecule has 0 bridgehead atoms. The summed E-state index contributed by atoms with van der Waals surface area (Å²) in [6.45, 7) is 5.00. The average molecular weight is 280 g/mol. The van der Waals surface area contributed by atoms with Crippen LogP contribution in [0.25, 0.3) is 10.9 Å². The summed E-state index contributed by atoms with van der Waals surface area (Å²) in [6.07, 6.45) is 0. The minimum atomic E-state index is 0. The van der Waals surface area contributed by atoms with E-state index in [1.807, 2.05) is 6.07 Å². The maximum absolute atomic E-state index is 5.57. The van der Waals surface area contributed by atoms with Gasteiger partial charge in [0.05, 0.1) is 11.3 Å². The van der Waals surface area contributed by atoms with Crippen LogP contribution in [0.2, 0.25) is 0 Å². The number of nitrogens with two attached hydrogens (primary N) is 1. The van der Waals surface area contributed by atoms with Crippen molar-refractivity contribution in [1.82, 2.24) is 10.2 Å². The van der Waals surface area contributed by atoms with Crippen molar-refractivity contribution in [2.24, 2.45) is 0 Å². The number of ether oxygens (including phenoxy) is 1. The van der Waals surface area contributed by atoms with E-state index in [2.05, 4.69) is 24.2 Å². The smallest absolute Gasteiger partial charge is 0.153 e. The third kappa shape index (κ3) is 3.18. The molecule has 3 N–H and O–H groups in total. The second-order valence-electron chi connectivity index (χ2n) is 2.46. The molecule has 0 aliphatic rings. The Hall–Kier alpha value is -0.606. The van der Waals surface area contributed by atoms with Crippen molar-refractivity contribution >= 4 is 16.7 Å². The van der Waals surface area contributed by atoms with E-state index in [9.17, 15) is 0 Å². The average Bonchev–Trinajstić information content (AvgIpc) is 2.63. The zero-order chi connectivity index (χ0) is 10.6. The van der Waals surface area contributed by atoms with Crippen LogP contribution in [0.4, 0.5) is 5.82 Å². The van der Waals surface area contributed by atoms with Crippen LogP contribution in [-0.4, -0.2) is 10.2 Å². The molecule has 0 aliphatic heterocycles. The molecule has 0 aliphatic carbocycles. The monoisotopic (exact) mass is 280 g/mol. The molecule has 1 radical (unpaired) electrons. The maximum Gasteiger partial charge on any atom is 0.153 e. The molecule has 0 spiro atoms. The summed E-state index contributed by atoms with van der Waals surface area (Å²) < 4.78 is 4.79. The predicted molar refractivity (Wildman–Crippen MR) is 57.5 cm³/mol. The third-order valence-corrected chi connectivity index (χ3v) is 1.73. The molecular formula is C10H13N3OY-2. The van der Waals surface area contributed by atoms with Crippen molar-refractivity contribution in [2.75, 3.05) is 5.73 Å². The summed E-state index contributed by atoms with van der Waals surface area (Å²) in [5.41, 5.74) is 6.42. The van der Waals surface area contributed by atoms with Crippen molar-refractivity contribution in [3.8, 4) is 5.75 Å². The van der Waals surface area contributed by atoms with Gasteiger partial charge >= 0.3 is 0 Å². The Kier molecular flexibility index (Phi) is 6.53. The Morgan fingerprint density at radius 1 is 1.40 bits per heavy atom. The molecular weight excluding hydrogens is 267 g/mol. The summed E-state index contributed by atoms with van der Waals surface area (Å²) in [7, 11) is 3.30. The second-order valence-corrected chi connectivity index (χ2v) is 2.46. The largest absolute Gasteiger partial charge is 0.665 e. The number of hydrogen-bond acceptors (Lipinski definition) is 3. The van der Waals surface area contributed by atoms with Crippen LogP contribution in [0.3, 0.4) is 0 Å². The molecule has 0 unspecified atom stereocenters. The van der Waals surface area contributed by atoms with Gasteiger partial charge in [0.1, 0.15) is 0 Å². The maximum atomic E-state index is 5.57. The Morgan fingerprint density at radius 3 is 2.67 bits per heavy atom.